The molecule has 1 aromatic rings. The van der Waals surface area contributed by atoms with Gasteiger partial charge in [-0.3, -0.25) is 9.80 Å². The molecule has 4 aliphatic rings. The van der Waals surface area contributed by atoms with Crippen LogP contribution in [0.25, 0.3) is 0 Å². The maximum atomic E-state index is 11.0. The molecule has 1 N–H and O–H groups in total. The fraction of sp³-hybridized carbons (Fsp3) is 0.714. The van der Waals surface area contributed by atoms with Crippen molar-refractivity contribution in [1.82, 2.24) is 14.8 Å². The van der Waals surface area contributed by atoms with Gasteiger partial charge in [-0.2, -0.15) is 0 Å². The second-order valence-electron chi connectivity index (χ2n) is 8.19. The first-order chi connectivity index (χ1) is 14.2. The summed E-state index contributed by atoms with van der Waals surface area (Å²) in [6, 6.07) is 3.45. The lowest BCUT2D eigenvalue weighted by Gasteiger charge is -2.41. The van der Waals surface area contributed by atoms with Crippen LogP contribution in [0.3, 0.4) is 0 Å². The molecule has 8 nitrogen and oxygen atoms in total. The van der Waals surface area contributed by atoms with E-state index in [1.54, 1.807) is 6.07 Å². The van der Waals surface area contributed by atoms with Crippen molar-refractivity contribution in [2.75, 3.05) is 70.5 Å². The number of hydrogen-bond acceptors (Lipinski definition) is 7. The molecule has 0 saturated carbocycles. The van der Waals surface area contributed by atoms with E-state index in [1.807, 2.05) is 6.07 Å². The molecule has 8 heteroatoms. The molecule has 0 spiro atoms. The first-order valence-electron chi connectivity index (χ1n) is 10.8. The third kappa shape index (κ3) is 5.45. The van der Waals surface area contributed by atoms with Crippen molar-refractivity contribution in [2.24, 2.45) is 5.92 Å². The third-order valence-electron chi connectivity index (χ3n) is 6.37. The van der Waals surface area contributed by atoms with Gasteiger partial charge in [-0.25, -0.2) is 9.78 Å². The van der Waals surface area contributed by atoms with Crippen molar-refractivity contribution in [1.29, 1.82) is 0 Å². The van der Waals surface area contributed by atoms with Crippen molar-refractivity contribution in [2.45, 2.75) is 25.5 Å². The quantitative estimate of drug-likeness (QED) is 0.806. The molecule has 2 bridgehead atoms. The minimum Gasteiger partial charge on any atom is -0.478 e. The Balaban J connectivity index is 1.30. The number of anilines is 1. The summed E-state index contributed by atoms with van der Waals surface area (Å²) in [5, 5.41) is 9.03. The Morgan fingerprint density at radius 2 is 1.83 bits per heavy atom. The van der Waals surface area contributed by atoms with Crippen molar-refractivity contribution in [3.05, 3.63) is 23.9 Å². The van der Waals surface area contributed by atoms with Gasteiger partial charge in [-0.05, 0) is 37.3 Å². The molecule has 0 aliphatic carbocycles. The first kappa shape index (κ1) is 20.5. The highest BCUT2D eigenvalue weighted by Gasteiger charge is 2.29. The number of fused-ring (bicyclic) bond motifs is 8. The van der Waals surface area contributed by atoms with Crippen LogP contribution in [0.2, 0.25) is 0 Å². The van der Waals surface area contributed by atoms with E-state index in [-0.39, 0.29) is 11.8 Å². The smallest absolute Gasteiger partial charge is 0.337 e. The molecule has 1 atom stereocenters. The van der Waals surface area contributed by atoms with E-state index in [0.717, 1.165) is 77.5 Å². The Labute approximate surface area is 172 Å². The Morgan fingerprint density at radius 1 is 1.03 bits per heavy atom. The van der Waals surface area contributed by atoms with Crippen LogP contribution in [-0.4, -0.2) is 97.7 Å². The zero-order valence-corrected chi connectivity index (χ0v) is 17.0. The van der Waals surface area contributed by atoms with Crippen molar-refractivity contribution < 1.29 is 19.4 Å². The molecular formula is C21H32N4O4. The van der Waals surface area contributed by atoms with Crippen LogP contribution in [-0.2, 0) is 9.47 Å². The predicted octanol–water partition coefficient (Wildman–Crippen LogP) is 1.38. The van der Waals surface area contributed by atoms with E-state index >= 15 is 0 Å². The van der Waals surface area contributed by atoms with E-state index in [9.17, 15) is 4.79 Å². The number of carboxylic acids is 1. The number of carbonyl (C=O) groups is 1. The number of piperazine rings is 1. The highest BCUT2D eigenvalue weighted by atomic mass is 16.5. The molecule has 4 aliphatic heterocycles. The Morgan fingerprint density at radius 3 is 2.52 bits per heavy atom. The number of pyridine rings is 1. The maximum absolute atomic E-state index is 11.0. The van der Waals surface area contributed by atoms with E-state index < -0.39 is 5.97 Å². The molecule has 29 heavy (non-hydrogen) atoms. The normalized spacial score (nSPS) is 29.4. The number of nitrogens with zero attached hydrogens (tertiary/aromatic N) is 4. The summed E-state index contributed by atoms with van der Waals surface area (Å²) in [6.07, 6.45) is 4.92. The Hall–Kier alpha value is -1.74. The summed E-state index contributed by atoms with van der Waals surface area (Å²) in [7, 11) is 0. The van der Waals surface area contributed by atoms with E-state index in [1.165, 1.54) is 6.20 Å². The van der Waals surface area contributed by atoms with Gasteiger partial charge >= 0.3 is 5.97 Å². The van der Waals surface area contributed by atoms with Crippen molar-refractivity contribution >= 4 is 11.8 Å². The lowest BCUT2D eigenvalue weighted by Crippen LogP contribution is -2.52. The molecular weight excluding hydrogens is 372 g/mol. The molecule has 4 saturated heterocycles. The highest BCUT2D eigenvalue weighted by Crippen LogP contribution is 2.27. The average molecular weight is 405 g/mol. The molecule has 1 aromatic heterocycles. The Bertz CT molecular complexity index is 655. The summed E-state index contributed by atoms with van der Waals surface area (Å²) in [5.74, 6) is 0.571. The molecule has 4 fully saturated rings. The first-order valence-corrected chi connectivity index (χ1v) is 10.8. The van der Waals surface area contributed by atoms with Crippen molar-refractivity contribution in [3.8, 4) is 0 Å². The van der Waals surface area contributed by atoms with Crippen molar-refractivity contribution in [3.63, 3.8) is 0 Å². The van der Waals surface area contributed by atoms with Crippen LogP contribution in [0.4, 0.5) is 5.82 Å². The van der Waals surface area contributed by atoms with Gasteiger partial charge in [-0.15, -0.1) is 0 Å². The number of aromatic nitrogens is 1. The summed E-state index contributed by atoms with van der Waals surface area (Å²) >= 11 is 0. The second kappa shape index (κ2) is 9.84. The minimum absolute atomic E-state index is 0.184. The summed E-state index contributed by atoms with van der Waals surface area (Å²) in [6.45, 7) is 9.41. The van der Waals surface area contributed by atoms with Crippen LogP contribution in [0.1, 0.15) is 29.6 Å². The van der Waals surface area contributed by atoms with Gasteiger partial charge in [0, 0.05) is 52.0 Å². The number of hydrogen-bond donors (Lipinski definition) is 1. The van der Waals surface area contributed by atoms with Gasteiger partial charge in [0.15, 0.2) is 0 Å². The highest BCUT2D eigenvalue weighted by molar-refractivity contribution is 5.87. The van der Waals surface area contributed by atoms with Gasteiger partial charge in [0.1, 0.15) is 12.0 Å². The standard InChI is InChI=1S/C21H32N4O4/c26-21(27)18-1-2-19(22-16-18)24-5-3-17(4-6-24)15-20-25-9-7-23(8-10-25)11-12-28-13-14-29-20/h1-2,16-17,20H,3-15H2,(H,26,27). The number of rotatable bonds is 4. The molecule has 160 valence electrons. The lowest BCUT2D eigenvalue weighted by molar-refractivity contribution is -0.0923. The second-order valence-corrected chi connectivity index (χ2v) is 8.19. The molecule has 1 unspecified atom stereocenters. The largest absolute Gasteiger partial charge is 0.478 e. The number of aromatic carboxylic acids is 1. The van der Waals surface area contributed by atoms with Crippen LogP contribution >= 0.6 is 0 Å². The molecule has 5 rings (SSSR count). The number of carboxylic acid groups (broad SMARTS) is 1. The molecule has 0 radical (unpaired) electrons. The van der Waals surface area contributed by atoms with Crippen LogP contribution in [0.15, 0.2) is 18.3 Å². The lowest BCUT2D eigenvalue weighted by atomic mass is 9.92. The fourth-order valence-electron chi connectivity index (χ4n) is 4.52. The van der Waals surface area contributed by atoms with E-state index in [0.29, 0.717) is 19.1 Å². The van der Waals surface area contributed by atoms with E-state index in [4.69, 9.17) is 14.6 Å². The van der Waals surface area contributed by atoms with E-state index in [2.05, 4.69) is 19.7 Å². The van der Waals surface area contributed by atoms with Gasteiger partial charge in [-0.1, -0.05) is 0 Å². The SMILES string of the molecule is O=C(O)c1ccc(N2CCC(CC3OCCOCCN4CCN3CC4)CC2)nc1. The van der Waals surface area contributed by atoms with Crippen LogP contribution in [0, 0.1) is 5.92 Å². The maximum Gasteiger partial charge on any atom is 0.337 e. The molecule has 0 aromatic carbocycles. The predicted molar refractivity (Wildman–Crippen MR) is 109 cm³/mol. The average Bonchev–Trinajstić information content (AvgIpc) is 2.83. The molecule has 0 amide bonds. The zero-order chi connectivity index (χ0) is 20.1. The van der Waals surface area contributed by atoms with Gasteiger partial charge in [0.05, 0.1) is 25.4 Å². The van der Waals surface area contributed by atoms with Gasteiger partial charge in [0.2, 0.25) is 0 Å². The van der Waals surface area contributed by atoms with Crippen LogP contribution < -0.4 is 4.90 Å². The van der Waals surface area contributed by atoms with Gasteiger partial charge < -0.3 is 19.5 Å². The zero-order valence-electron chi connectivity index (χ0n) is 17.0. The molecule has 5 heterocycles. The minimum atomic E-state index is -0.935. The topological polar surface area (TPSA) is 78.4 Å². The number of piperidine rings is 1. The monoisotopic (exact) mass is 404 g/mol. The van der Waals surface area contributed by atoms with Gasteiger partial charge in [0.25, 0.3) is 0 Å². The third-order valence-corrected chi connectivity index (χ3v) is 6.37. The number of ether oxygens (including phenoxy) is 2. The summed E-state index contributed by atoms with van der Waals surface area (Å²) < 4.78 is 12.0. The Kier molecular flexibility index (Phi) is 6.97. The van der Waals surface area contributed by atoms with Crippen LogP contribution in [0.5, 0.6) is 0 Å². The summed E-state index contributed by atoms with van der Waals surface area (Å²) in [4.78, 5) is 22.6. The fourth-order valence-corrected chi connectivity index (χ4v) is 4.52. The summed E-state index contributed by atoms with van der Waals surface area (Å²) in [5.41, 5.74) is 0.233.